The highest BCUT2D eigenvalue weighted by atomic mass is 28.4. The van der Waals surface area contributed by atoms with Crippen molar-refractivity contribution in [3.8, 4) is 6.01 Å². The summed E-state index contributed by atoms with van der Waals surface area (Å²) in [6.45, 7) is 21.0. The smallest absolute Gasteiger partial charge is 0.410 e. The van der Waals surface area contributed by atoms with Gasteiger partial charge in [0.1, 0.15) is 11.4 Å². The van der Waals surface area contributed by atoms with Crippen LogP contribution in [0.4, 0.5) is 10.6 Å². The second-order valence-corrected chi connectivity index (χ2v) is 20.4. The molecule has 0 aliphatic carbocycles. The van der Waals surface area contributed by atoms with E-state index < -0.39 is 13.9 Å². The molecular weight excluding hydrogens is 673 g/mol. The average Bonchev–Trinajstić information content (AvgIpc) is 3.13. The van der Waals surface area contributed by atoms with E-state index in [0.717, 1.165) is 69.3 Å². The first-order chi connectivity index (χ1) is 24.9. The number of anilines is 1. The fourth-order valence-corrected chi connectivity index (χ4v) is 12.2. The highest BCUT2D eigenvalue weighted by Gasteiger charge is 2.51. The van der Waals surface area contributed by atoms with Gasteiger partial charge in [0.15, 0.2) is 0 Å². The van der Waals surface area contributed by atoms with Gasteiger partial charge in [0.25, 0.3) is 8.32 Å². The molecule has 12 heteroatoms. The van der Waals surface area contributed by atoms with E-state index >= 15 is 0 Å². The summed E-state index contributed by atoms with van der Waals surface area (Å²) >= 11 is 0. The standard InChI is InChI=1S/C40H58N6O5Si/c1-39(2,3)51-38(47)45-21-22-46(36-34-18-19-41-28-35(34)42-37(43-36)49-25-13-20-44-23-26-48-27-24-44)31(29-45)30-50-52(40(4,5)6,32-14-9-7-10-15-32)33-16-11-8-12-17-33/h7-12,14-17,31,41H,13,18-30H2,1-6H3. The van der Waals surface area contributed by atoms with E-state index in [1.165, 1.54) is 10.4 Å². The van der Waals surface area contributed by atoms with Gasteiger partial charge >= 0.3 is 12.1 Å². The minimum Gasteiger partial charge on any atom is -0.463 e. The van der Waals surface area contributed by atoms with Crippen molar-refractivity contribution in [2.24, 2.45) is 0 Å². The molecule has 3 aliphatic heterocycles. The molecule has 1 aromatic heterocycles. The number of rotatable bonds is 11. The van der Waals surface area contributed by atoms with Crippen molar-refractivity contribution in [3.63, 3.8) is 0 Å². The van der Waals surface area contributed by atoms with Crippen LogP contribution in [-0.4, -0.2) is 118 Å². The third-order valence-electron chi connectivity index (χ3n) is 10.2. The predicted molar refractivity (Wildman–Crippen MR) is 207 cm³/mol. The number of piperazine rings is 1. The summed E-state index contributed by atoms with van der Waals surface area (Å²) in [6, 6.07) is 21.6. The van der Waals surface area contributed by atoms with E-state index in [1.54, 1.807) is 0 Å². The summed E-state index contributed by atoms with van der Waals surface area (Å²) in [5, 5.41) is 5.74. The van der Waals surface area contributed by atoms with Gasteiger partial charge in [0.2, 0.25) is 0 Å². The van der Waals surface area contributed by atoms with Gasteiger partial charge in [-0.15, -0.1) is 0 Å². The minimum atomic E-state index is -2.87. The Morgan fingerprint density at radius 2 is 1.60 bits per heavy atom. The molecule has 2 fully saturated rings. The maximum atomic E-state index is 13.5. The van der Waals surface area contributed by atoms with Crippen LogP contribution < -0.4 is 25.3 Å². The molecule has 4 heterocycles. The summed E-state index contributed by atoms with van der Waals surface area (Å²) in [5.74, 6) is 0.884. The first kappa shape index (κ1) is 38.2. The first-order valence-corrected chi connectivity index (χ1v) is 20.9. The van der Waals surface area contributed by atoms with Gasteiger partial charge in [-0.3, -0.25) is 4.90 Å². The van der Waals surface area contributed by atoms with Gasteiger partial charge in [-0.05, 0) is 55.6 Å². The van der Waals surface area contributed by atoms with Crippen LogP contribution in [0.2, 0.25) is 5.04 Å². The number of nitrogens with one attached hydrogen (secondary N) is 1. The van der Waals surface area contributed by atoms with Gasteiger partial charge in [0.05, 0.1) is 38.2 Å². The summed E-state index contributed by atoms with van der Waals surface area (Å²) in [6.07, 6.45) is 1.40. The number of aromatic nitrogens is 2. The summed E-state index contributed by atoms with van der Waals surface area (Å²) in [7, 11) is -2.87. The molecule has 0 bridgehead atoms. The number of carbonyl (C=O) groups excluding carboxylic acids is 1. The number of amides is 1. The minimum absolute atomic E-state index is 0.189. The van der Waals surface area contributed by atoms with Gasteiger partial charge in [-0.2, -0.15) is 9.97 Å². The number of benzene rings is 2. The predicted octanol–water partition coefficient (Wildman–Crippen LogP) is 4.23. The molecule has 282 valence electrons. The number of hydrogen-bond acceptors (Lipinski definition) is 10. The molecule has 52 heavy (non-hydrogen) atoms. The van der Waals surface area contributed by atoms with Crippen LogP contribution in [0.15, 0.2) is 60.7 Å². The zero-order valence-corrected chi connectivity index (χ0v) is 33.0. The van der Waals surface area contributed by atoms with E-state index in [2.05, 4.69) is 96.6 Å². The Hall–Kier alpha value is -3.55. The number of fused-ring (bicyclic) bond motifs is 1. The molecule has 0 spiro atoms. The van der Waals surface area contributed by atoms with Crippen LogP contribution in [0.25, 0.3) is 0 Å². The van der Waals surface area contributed by atoms with Crippen molar-refractivity contribution in [3.05, 3.63) is 71.9 Å². The molecule has 11 nitrogen and oxygen atoms in total. The van der Waals surface area contributed by atoms with E-state index in [1.807, 2.05) is 25.7 Å². The molecule has 1 atom stereocenters. The van der Waals surface area contributed by atoms with E-state index in [9.17, 15) is 4.79 Å². The summed E-state index contributed by atoms with van der Waals surface area (Å²) in [5.41, 5.74) is 1.52. The summed E-state index contributed by atoms with van der Waals surface area (Å²) in [4.78, 5) is 30.2. The van der Waals surface area contributed by atoms with Gasteiger partial charge < -0.3 is 33.8 Å². The number of hydrogen-bond donors (Lipinski definition) is 1. The third kappa shape index (κ3) is 8.96. The van der Waals surface area contributed by atoms with E-state index in [4.69, 9.17) is 28.6 Å². The Balaban J connectivity index is 1.33. The van der Waals surface area contributed by atoms with Crippen molar-refractivity contribution in [1.82, 2.24) is 25.1 Å². The van der Waals surface area contributed by atoms with Crippen molar-refractivity contribution in [2.45, 2.75) is 77.6 Å². The second-order valence-electron chi connectivity index (χ2n) is 16.1. The quantitative estimate of drug-likeness (QED) is 0.228. The number of carbonyl (C=O) groups is 1. The van der Waals surface area contributed by atoms with Crippen molar-refractivity contribution < 1.29 is 23.4 Å². The van der Waals surface area contributed by atoms with Gasteiger partial charge in [-0.25, -0.2) is 4.79 Å². The lowest BCUT2D eigenvalue weighted by atomic mass is 10.0. The van der Waals surface area contributed by atoms with E-state index in [-0.39, 0.29) is 17.2 Å². The maximum Gasteiger partial charge on any atom is 0.410 e. The van der Waals surface area contributed by atoms with Crippen LogP contribution in [0.3, 0.4) is 0 Å². The highest BCUT2D eigenvalue weighted by molar-refractivity contribution is 6.99. The fraction of sp³-hybridized carbons (Fsp3) is 0.575. The fourth-order valence-electron chi connectivity index (χ4n) is 7.65. The van der Waals surface area contributed by atoms with Crippen molar-refractivity contribution in [1.29, 1.82) is 0 Å². The third-order valence-corrected chi connectivity index (χ3v) is 15.2. The molecule has 2 aromatic carbocycles. The second kappa shape index (κ2) is 16.6. The number of ether oxygens (including phenoxy) is 3. The molecule has 2 saturated heterocycles. The normalized spacial score (nSPS) is 18.9. The largest absolute Gasteiger partial charge is 0.463 e. The zero-order valence-electron chi connectivity index (χ0n) is 32.0. The molecule has 1 N–H and O–H groups in total. The molecule has 3 aliphatic rings. The molecule has 6 rings (SSSR count). The zero-order chi connectivity index (χ0) is 36.8. The molecule has 1 amide bonds. The molecule has 3 aromatic rings. The number of nitrogens with zero attached hydrogens (tertiary/aromatic N) is 5. The monoisotopic (exact) mass is 730 g/mol. The Morgan fingerprint density at radius 1 is 0.923 bits per heavy atom. The lowest BCUT2D eigenvalue weighted by molar-refractivity contribution is 0.0199. The lowest BCUT2D eigenvalue weighted by Gasteiger charge is -2.47. The average molecular weight is 731 g/mol. The Kier molecular flexibility index (Phi) is 12.2. The van der Waals surface area contributed by atoms with Crippen molar-refractivity contribution >= 4 is 30.6 Å². The topological polar surface area (TPSA) is 102 Å². The maximum absolute atomic E-state index is 13.5. The van der Waals surface area contributed by atoms with E-state index in [0.29, 0.717) is 45.4 Å². The Bertz CT molecular complexity index is 1570. The molecule has 0 saturated carbocycles. The van der Waals surface area contributed by atoms with Crippen molar-refractivity contribution in [2.75, 3.05) is 77.1 Å². The van der Waals surface area contributed by atoms with Crippen LogP contribution in [0.5, 0.6) is 6.01 Å². The van der Waals surface area contributed by atoms with Gasteiger partial charge in [0, 0.05) is 51.4 Å². The van der Waals surface area contributed by atoms with Crippen LogP contribution in [0.1, 0.15) is 59.2 Å². The SMILES string of the molecule is CC(C)(C)OC(=O)N1CCN(c2nc(OCCCN3CCOCC3)nc3c2CCNC3)C(CO[Si](c2ccccc2)(c2ccccc2)C(C)(C)C)C1. The Labute approximate surface area is 311 Å². The first-order valence-electron chi connectivity index (χ1n) is 19.0. The van der Waals surface area contributed by atoms with Gasteiger partial charge in [-0.1, -0.05) is 81.4 Å². The van der Waals surface area contributed by atoms with Crippen LogP contribution >= 0.6 is 0 Å². The lowest BCUT2D eigenvalue weighted by Crippen LogP contribution is -2.68. The number of morpholine rings is 1. The molecule has 0 radical (unpaired) electrons. The van der Waals surface area contributed by atoms with Crippen LogP contribution in [-0.2, 0) is 26.9 Å². The van der Waals surface area contributed by atoms with Crippen LogP contribution in [0, 0.1) is 0 Å². The summed E-state index contributed by atoms with van der Waals surface area (Å²) < 4.78 is 25.2. The highest BCUT2D eigenvalue weighted by Crippen LogP contribution is 2.38. The molecule has 1 unspecified atom stereocenters. The molecular formula is C40H58N6O5Si. The Morgan fingerprint density at radius 3 is 2.23 bits per heavy atom.